The van der Waals surface area contributed by atoms with Gasteiger partial charge in [0.15, 0.2) is 0 Å². The highest BCUT2D eigenvalue weighted by Crippen LogP contribution is 2.39. The van der Waals surface area contributed by atoms with E-state index in [-0.39, 0.29) is 18.0 Å². The van der Waals surface area contributed by atoms with Gasteiger partial charge in [0.1, 0.15) is 5.54 Å². The van der Waals surface area contributed by atoms with Gasteiger partial charge in [-0.05, 0) is 57.2 Å². The van der Waals surface area contributed by atoms with Gasteiger partial charge < -0.3 is 4.90 Å². The molecule has 3 saturated heterocycles. The second-order valence-electron chi connectivity index (χ2n) is 7.71. The Hall–Kier alpha value is -1.95. The second-order valence-corrected chi connectivity index (χ2v) is 7.71. The monoisotopic (exact) mass is 342 g/mol. The predicted octanol–water partition coefficient (Wildman–Crippen LogP) is 2.42. The Morgan fingerprint density at radius 1 is 1.16 bits per heavy atom. The molecule has 3 aliphatic rings. The van der Waals surface area contributed by atoms with Gasteiger partial charge >= 0.3 is 6.03 Å². The summed E-state index contributed by atoms with van der Waals surface area (Å²) in [5.41, 5.74) is 0.674. The number of pyridine rings is 1. The molecule has 0 N–H and O–H groups in total. The summed E-state index contributed by atoms with van der Waals surface area (Å²) >= 11 is 0. The van der Waals surface area contributed by atoms with Crippen LogP contribution in [0.25, 0.3) is 0 Å². The number of hydrogen-bond donors (Lipinski definition) is 0. The number of carbonyl (C=O) groups is 2. The van der Waals surface area contributed by atoms with E-state index in [1.54, 1.807) is 9.80 Å². The maximum absolute atomic E-state index is 12.9. The highest BCUT2D eigenvalue weighted by atomic mass is 16.2. The lowest BCUT2D eigenvalue weighted by Gasteiger charge is -2.38. The van der Waals surface area contributed by atoms with Crippen molar-refractivity contribution in [2.45, 2.75) is 57.2 Å². The number of amides is 3. The molecular weight excluding hydrogens is 316 g/mol. The molecule has 3 fully saturated rings. The predicted molar refractivity (Wildman–Crippen MR) is 93.8 cm³/mol. The van der Waals surface area contributed by atoms with Gasteiger partial charge in [-0.2, -0.15) is 0 Å². The summed E-state index contributed by atoms with van der Waals surface area (Å²) in [5, 5.41) is 0. The molecule has 134 valence electrons. The van der Waals surface area contributed by atoms with Crippen LogP contribution in [0.2, 0.25) is 0 Å². The third kappa shape index (κ3) is 2.54. The Kier molecular flexibility index (Phi) is 4.02. The van der Waals surface area contributed by atoms with Crippen molar-refractivity contribution in [3.63, 3.8) is 0 Å². The minimum Gasteiger partial charge on any atom is -0.310 e. The van der Waals surface area contributed by atoms with E-state index < -0.39 is 5.54 Å². The zero-order valence-electron chi connectivity index (χ0n) is 15.0. The van der Waals surface area contributed by atoms with E-state index in [4.69, 9.17) is 0 Å². The standard InChI is InChI=1S/C19H26N4O2/c1-14(15-4-9-20-10-5-15)21-12-6-16(7-13-21)23-17(24)19(2)8-3-11-22(19)18(23)25/h4-5,9-10,14,16H,3,6-8,11-13H2,1-2H3/t14-,19-/m0/s1. The van der Waals surface area contributed by atoms with Crippen LogP contribution < -0.4 is 0 Å². The normalized spacial score (nSPS) is 29.4. The number of urea groups is 1. The summed E-state index contributed by atoms with van der Waals surface area (Å²) in [5.74, 6) is 0.0237. The summed E-state index contributed by atoms with van der Waals surface area (Å²) < 4.78 is 0. The molecule has 0 bridgehead atoms. The van der Waals surface area contributed by atoms with Crippen molar-refractivity contribution >= 4 is 11.9 Å². The molecule has 25 heavy (non-hydrogen) atoms. The third-order valence-electron chi connectivity index (χ3n) is 6.36. The third-order valence-corrected chi connectivity index (χ3v) is 6.36. The van der Waals surface area contributed by atoms with Gasteiger partial charge in [0.25, 0.3) is 5.91 Å². The molecule has 6 nitrogen and oxygen atoms in total. The topological polar surface area (TPSA) is 56.8 Å². The smallest absolute Gasteiger partial charge is 0.310 e. The van der Waals surface area contributed by atoms with Crippen LogP contribution in [0, 0.1) is 0 Å². The fourth-order valence-electron chi connectivity index (χ4n) is 4.67. The Morgan fingerprint density at radius 3 is 2.48 bits per heavy atom. The van der Waals surface area contributed by atoms with Crippen molar-refractivity contribution in [2.24, 2.45) is 0 Å². The molecule has 3 amide bonds. The van der Waals surface area contributed by atoms with Crippen LogP contribution >= 0.6 is 0 Å². The molecule has 0 aliphatic carbocycles. The first-order chi connectivity index (χ1) is 12.0. The largest absolute Gasteiger partial charge is 0.327 e. The molecule has 1 aromatic heterocycles. The molecule has 0 radical (unpaired) electrons. The van der Waals surface area contributed by atoms with Gasteiger partial charge in [-0.25, -0.2) is 4.79 Å². The van der Waals surface area contributed by atoms with Crippen LogP contribution in [0.15, 0.2) is 24.5 Å². The molecule has 4 heterocycles. The van der Waals surface area contributed by atoms with Crippen LogP contribution in [-0.4, -0.2) is 62.8 Å². The Balaban J connectivity index is 1.43. The van der Waals surface area contributed by atoms with Gasteiger partial charge in [-0.3, -0.25) is 19.6 Å². The SMILES string of the molecule is C[C@@H](c1ccncc1)N1CCC(N2C(=O)N3CCC[C@@]3(C)C2=O)CC1. The van der Waals surface area contributed by atoms with Gasteiger partial charge in [0.05, 0.1) is 0 Å². The van der Waals surface area contributed by atoms with Crippen molar-refractivity contribution in [1.29, 1.82) is 0 Å². The van der Waals surface area contributed by atoms with Crippen molar-refractivity contribution in [2.75, 3.05) is 19.6 Å². The molecule has 3 aliphatic heterocycles. The number of nitrogens with zero attached hydrogens (tertiary/aromatic N) is 4. The Labute approximate surface area is 148 Å². The lowest BCUT2D eigenvalue weighted by atomic mass is 9.96. The van der Waals surface area contributed by atoms with Crippen LogP contribution in [-0.2, 0) is 4.79 Å². The zero-order valence-corrected chi connectivity index (χ0v) is 15.0. The maximum Gasteiger partial charge on any atom is 0.327 e. The number of carbonyl (C=O) groups excluding carboxylic acids is 2. The number of rotatable bonds is 3. The number of imide groups is 1. The van der Waals surface area contributed by atoms with Gasteiger partial charge in [0, 0.05) is 44.1 Å². The highest BCUT2D eigenvalue weighted by molar-refractivity contribution is 6.07. The van der Waals surface area contributed by atoms with Crippen LogP contribution in [0.1, 0.15) is 51.1 Å². The average molecular weight is 342 g/mol. The maximum atomic E-state index is 12.9. The van der Waals surface area contributed by atoms with Crippen LogP contribution in [0.5, 0.6) is 0 Å². The molecule has 0 aromatic carbocycles. The van der Waals surface area contributed by atoms with Gasteiger partial charge in [0.2, 0.25) is 0 Å². The van der Waals surface area contributed by atoms with Crippen molar-refractivity contribution in [1.82, 2.24) is 19.7 Å². The molecule has 0 saturated carbocycles. The number of piperidine rings is 1. The fraction of sp³-hybridized carbons (Fsp3) is 0.632. The Morgan fingerprint density at radius 2 is 1.84 bits per heavy atom. The molecular formula is C19H26N4O2. The summed E-state index contributed by atoms with van der Waals surface area (Å²) in [6, 6.07) is 4.42. The molecule has 2 atom stereocenters. The Bertz CT molecular complexity index is 671. The zero-order chi connectivity index (χ0) is 17.6. The van der Waals surface area contributed by atoms with Crippen LogP contribution in [0.4, 0.5) is 4.79 Å². The van der Waals surface area contributed by atoms with E-state index in [0.717, 1.165) is 45.3 Å². The number of likely N-dealkylation sites (tertiary alicyclic amines) is 1. The van der Waals surface area contributed by atoms with Crippen molar-refractivity contribution in [3.8, 4) is 0 Å². The summed E-state index contributed by atoms with van der Waals surface area (Å²) in [7, 11) is 0. The van der Waals surface area contributed by atoms with Gasteiger partial charge in [-0.15, -0.1) is 0 Å². The fourth-order valence-corrected chi connectivity index (χ4v) is 4.67. The minimum atomic E-state index is -0.585. The van der Waals surface area contributed by atoms with Crippen molar-refractivity contribution in [3.05, 3.63) is 30.1 Å². The van der Waals surface area contributed by atoms with Gasteiger partial charge in [-0.1, -0.05) is 0 Å². The van der Waals surface area contributed by atoms with Crippen LogP contribution in [0.3, 0.4) is 0 Å². The number of aromatic nitrogens is 1. The number of fused-ring (bicyclic) bond motifs is 1. The quantitative estimate of drug-likeness (QED) is 0.792. The van der Waals surface area contributed by atoms with E-state index in [1.807, 2.05) is 19.3 Å². The lowest BCUT2D eigenvalue weighted by molar-refractivity contribution is -0.134. The first-order valence-corrected chi connectivity index (χ1v) is 9.31. The second kappa shape index (κ2) is 6.09. The average Bonchev–Trinajstić information content (AvgIpc) is 3.12. The van der Waals surface area contributed by atoms with E-state index in [1.165, 1.54) is 5.56 Å². The summed E-state index contributed by atoms with van der Waals surface area (Å²) in [6.45, 7) is 6.67. The molecule has 4 rings (SSSR count). The van der Waals surface area contributed by atoms with E-state index >= 15 is 0 Å². The molecule has 0 unspecified atom stereocenters. The van der Waals surface area contributed by atoms with Crippen molar-refractivity contribution < 1.29 is 9.59 Å². The summed E-state index contributed by atoms with van der Waals surface area (Å²) in [4.78, 5) is 35.5. The minimum absolute atomic E-state index is 0.0237. The van der Waals surface area contributed by atoms with E-state index in [2.05, 4.69) is 28.9 Å². The highest BCUT2D eigenvalue weighted by Gasteiger charge is 2.58. The first kappa shape index (κ1) is 16.5. The lowest BCUT2D eigenvalue weighted by Crippen LogP contribution is -2.49. The van der Waals surface area contributed by atoms with E-state index in [9.17, 15) is 9.59 Å². The summed E-state index contributed by atoms with van der Waals surface area (Å²) in [6.07, 6.45) is 7.10. The first-order valence-electron chi connectivity index (χ1n) is 9.31. The molecule has 1 aromatic rings. The molecule has 0 spiro atoms. The number of hydrogen-bond acceptors (Lipinski definition) is 4. The molecule has 6 heteroatoms. The van der Waals surface area contributed by atoms with E-state index in [0.29, 0.717) is 6.04 Å².